The summed E-state index contributed by atoms with van der Waals surface area (Å²) in [7, 11) is -0.563. The molecule has 0 spiro atoms. The van der Waals surface area contributed by atoms with Crippen LogP contribution in [0, 0.1) is 20.8 Å². The number of aryl methyl sites for hydroxylation is 3. The number of hydrogen-bond donors (Lipinski definition) is 0. The molecule has 1 atom stereocenters. The second kappa shape index (κ2) is 9.53. The van der Waals surface area contributed by atoms with E-state index in [0.29, 0.717) is 0 Å². The highest BCUT2D eigenvalue weighted by Crippen LogP contribution is 2.38. The molecule has 0 fully saturated rings. The van der Waals surface area contributed by atoms with Crippen molar-refractivity contribution in [2.45, 2.75) is 60.3 Å². The summed E-state index contributed by atoms with van der Waals surface area (Å²) in [5.41, 5.74) is 7.38. The van der Waals surface area contributed by atoms with Gasteiger partial charge in [0, 0.05) is 0 Å². The molecule has 0 N–H and O–H groups in total. The van der Waals surface area contributed by atoms with Crippen LogP contribution in [-0.2, 0) is 12.8 Å². The Labute approximate surface area is 172 Å². The summed E-state index contributed by atoms with van der Waals surface area (Å²) in [6.45, 7) is 11.4. The van der Waals surface area contributed by atoms with Crippen LogP contribution >= 0.6 is 7.92 Å². The molecule has 0 bridgehead atoms. The van der Waals surface area contributed by atoms with Crippen LogP contribution in [0.2, 0.25) is 0 Å². The molecule has 3 aromatic rings. The van der Waals surface area contributed by atoms with Crippen molar-refractivity contribution in [3.05, 3.63) is 88.5 Å². The van der Waals surface area contributed by atoms with Crippen molar-refractivity contribution in [2.75, 3.05) is 0 Å². The van der Waals surface area contributed by atoms with Crippen molar-refractivity contribution < 1.29 is 0 Å². The van der Waals surface area contributed by atoms with Gasteiger partial charge in [0.15, 0.2) is 0 Å². The van der Waals surface area contributed by atoms with E-state index in [1.54, 1.807) is 16.4 Å². The van der Waals surface area contributed by atoms with Crippen LogP contribution in [0.25, 0.3) is 0 Å². The quantitative estimate of drug-likeness (QED) is 0.418. The average molecular weight is 389 g/mol. The third-order valence-electron chi connectivity index (χ3n) is 5.68. The molecule has 0 saturated carbocycles. The van der Waals surface area contributed by atoms with E-state index in [2.05, 4.69) is 95.3 Å². The molecule has 0 heterocycles. The first-order valence-corrected chi connectivity index (χ1v) is 11.9. The van der Waals surface area contributed by atoms with Crippen molar-refractivity contribution in [1.29, 1.82) is 0 Å². The predicted octanol–water partition coefficient (Wildman–Crippen LogP) is 6.28. The molecule has 0 saturated heterocycles. The second-order valence-corrected chi connectivity index (χ2v) is 9.87. The van der Waals surface area contributed by atoms with Crippen molar-refractivity contribution >= 4 is 23.8 Å². The molecule has 1 heteroatoms. The normalized spacial score (nSPS) is 12.2. The Morgan fingerprint density at radius 3 is 1.93 bits per heavy atom. The molecule has 0 radical (unpaired) electrons. The smallest absolute Gasteiger partial charge is 0.0116 e. The van der Waals surface area contributed by atoms with Gasteiger partial charge in [0.2, 0.25) is 0 Å². The van der Waals surface area contributed by atoms with Crippen LogP contribution in [0.4, 0.5) is 0 Å². The lowest BCUT2D eigenvalue weighted by atomic mass is 10.00. The van der Waals surface area contributed by atoms with E-state index in [4.69, 9.17) is 0 Å². The molecule has 0 aliphatic heterocycles. The van der Waals surface area contributed by atoms with Crippen LogP contribution in [0.5, 0.6) is 0 Å². The maximum atomic E-state index is 2.41. The highest BCUT2D eigenvalue weighted by Gasteiger charge is 2.23. The summed E-state index contributed by atoms with van der Waals surface area (Å²) in [5.74, 6) is 0. The van der Waals surface area contributed by atoms with Gasteiger partial charge in [0.1, 0.15) is 0 Å². The molecule has 0 nitrogen and oxygen atoms in total. The van der Waals surface area contributed by atoms with E-state index in [1.807, 2.05) is 0 Å². The number of rotatable bonds is 7. The third-order valence-corrected chi connectivity index (χ3v) is 8.53. The molecular formula is C27H33P. The second-order valence-electron chi connectivity index (χ2n) is 7.76. The van der Waals surface area contributed by atoms with Gasteiger partial charge >= 0.3 is 0 Å². The molecule has 28 heavy (non-hydrogen) atoms. The van der Waals surface area contributed by atoms with Gasteiger partial charge < -0.3 is 0 Å². The topological polar surface area (TPSA) is 0 Å². The maximum Gasteiger partial charge on any atom is -0.0116 e. The first-order valence-electron chi connectivity index (χ1n) is 10.6. The lowest BCUT2D eigenvalue weighted by molar-refractivity contribution is 0.866. The Morgan fingerprint density at radius 1 is 0.607 bits per heavy atom. The Hall–Kier alpha value is -1.91. The van der Waals surface area contributed by atoms with Crippen molar-refractivity contribution in [1.82, 2.24) is 0 Å². The summed E-state index contributed by atoms with van der Waals surface area (Å²) in [4.78, 5) is 0. The maximum absolute atomic E-state index is 2.41. The summed E-state index contributed by atoms with van der Waals surface area (Å²) < 4.78 is 0. The Morgan fingerprint density at radius 2 is 1.21 bits per heavy atom. The lowest BCUT2D eigenvalue weighted by Gasteiger charge is -2.27. The highest BCUT2D eigenvalue weighted by atomic mass is 31.1. The Bertz CT molecular complexity index is 939. The zero-order valence-corrected chi connectivity index (χ0v) is 18.9. The summed E-state index contributed by atoms with van der Waals surface area (Å²) >= 11 is 0. The van der Waals surface area contributed by atoms with E-state index in [9.17, 15) is 0 Å². The molecule has 0 aliphatic rings. The summed E-state index contributed by atoms with van der Waals surface area (Å²) in [6.07, 6.45) is 4.73. The molecule has 3 aromatic carbocycles. The average Bonchev–Trinajstić information content (AvgIpc) is 2.69. The van der Waals surface area contributed by atoms with Gasteiger partial charge in [0.25, 0.3) is 0 Å². The van der Waals surface area contributed by atoms with Crippen molar-refractivity contribution in [3.8, 4) is 0 Å². The van der Waals surface area contributed by atoms with E-state index in [0.717, 1.165) is 0 Å². The van der Waals surface area contributed by atoms with Crippen LogP contribution in [0.15, 0.2) is 60.7 Å². The fourth-order valence-electron chi connectivity index (χ4n) is 4.05. The molecule has 0 aromatic heterocycles. The monoisotopic (exact) mass is 388 g/mol. The first-order chi connectivity index (χ1) is 13.6. The van der Waals surface area contributed by atoms with Crippen molar-refractivity contribution in [3.63, 3.8) is 0 Å². The summed E-state index contributed by atoms with van der Waals surface area (Å²) in [5, 5.41) is 4.57. The molecule has 0 amide bonds. The van der Waals surface area contributed by atoms with Gasteiger partial charge in [-0.1, -0.05) is 87.4 Å². The Kier molecular flexibility index (Phi) is 7.08. The predicted molar refractivity (Wildman–Crippen MR) is 127 cm³/mol. The molecule has 0 aliphatic carbocycles. The highest BCUT2D eigenvalue weighted by molar-refractivity contribution is 7.80. The Balaban J connectivity index is 2.31. The van der Waals surface area contributed by atoms with Crippen LogP contribution in [-0.4, -0.2) is 0 Å². The molecule has 146 valence electrons. The van der Waals surface area contributed by atoms with Crippen LogP contribution in [0.3, 0.4) is 0 Å². The first kappa shape index (κ1) is 20.8. The number of benzene rings is 3. The van der Waals surface area contributed by atoms with Gasteiger partial charge in [0.05, 0.1) is 0 Å². The third kappa shape index (κ3) is 4.23. The van der Waals surface area contributed by atoms with Gasteiger partial charge in [-0.05, 0) is 85.3 Å². The van der Waals surface area contributed by atoms with Gasteiger partial charge in [-0.2, -0.15) is 0 Å². The minimum Gasteiger partial charge on any atom is -0.0651 e. The molecular weight excluding hydrogens is 355 g/mol. The fourth-order valence-corrected chi connectivity index (χ4v) is 7.00. The van der Waals surface area contributed by atoms with E-state index < -0.39 is 7.92 Å². The SMILES string of the molecule is CCCc1cccc(P(c2ccccc2C)c2cccc(C)c2C)c1CCC. The molecule has 1 unspecified atom stereocenters. The van der Waals surface area contributed by atoms with Gasteiger partial charge in [-0.15, -0.1) is 0 Å². The van der Waals surface area contributed by atoms with E-state index in [-0.39, 0.29) is 0 Å². The van der Waals surface area contributed by atoms with E-state index >= 15 is 0 Å². The fraction of sp³-hybridized carbons (Fsp3) is 0.333. The largest absolute Gasteiger partial charge is 0.0651 e. The lowest BCUT2D eigenvalue weighted by Crippen LogP contribution is -2.27. The van der Waals surface area contributed by atoms with Gasteiger partial charge in [-0.25, -0.2) is 0 Å². The standard InChI is InChI=1S/C27H33P/c1-6-12-23-16-11-19-27(24(23)13-7-2)28(25-17-9-8-14-21(25)4)26-18-10-15-20(3)22(26)5/h8-11,14-19H,6-7,12-13H2,1-5H3. The van der Waals surface area contributed by atoms with Gasteiger partial charge in [-0.3, -0.25) is 0 Å². The summed E-state index contributed by atoms with van der Waals surface area (Å²) in [6, 6.07) is 22.9. The minimum atomic E-state index is -0.563. The zero-order chi connectivity index (χ0) is 20.1. The minimum absolute atomic E-state index is 0.563. The molecule has 3 rings (SSSR count). The number of hydrogen-bond acceptors (Lipinski definition) is 0. The van der Waals surface area contributed by atoms with Crippen LogP contribution < -0.4 is 15.9 Å². The van der Waals surface area contributed by atoms with Crippen LogP contribution in [0.1, 0.15) is 54.5 Å². The van der Waals surface area contributed by atoms with E-state index in [1.165, 1.54) is 53.0 Å². The van der Waals surface area contributed by atoms with Crippen molar-refractivity contribution in [2.24, 2.45) is 0 Å². The zero-order valence-electron chi connectivity index (χ0n) is 18.0.